The van der Waals surface area contributed by atoms with Crippen LogP contribution in [0.3, 0.4) is 0 Å². The van der Waals surface area contributed by atoms with E-state index in [2.05, 4.69) is 39.8 Å². The molecule has 0 atom stereocenters. The number of amides is 1. The molecule has 0 spiro atoms. The van der Waals surface area contributed by atoms with Crippen LogP contribution in [0.4, 0.5) is 0 Å². The standard InChI is InChI=1S/C19H29NOS2/c1-14(2)12-20(13-15(3)4)18(21)16-6-8-17(9-7-16)19-22-10-5-11-23-19/h6-9,14-15,19H,5,10-13H2,1-4H3. The van der Waals surface area contributed by atoms with Crippen molar-refractivity contribution in [2.24, 2.45) is 11.8 Å². The summed E-state index contributed by atoms with van der Waals surface area (Å²) in [6.07, 6.45) is 1.31. The van der Waals surface area contributed by atoms with Gasteiger partial charge in [-0.1, -0.05) is 39.8 Å². The predicted octanol–water partition coefficient (Wildman–Crippen LogP) is 5.31. The lowest BCUT2D eigenvalue weighted by atomic mass is 10.1. The highest BCUT2D eigenvalue weighted by Gasteiger charge is 2.20. The van der Waals surface area contributed by atoms with Gasteiger partial charge in [0.2, 0.25) is 0 Å². The van der Waals surface area contributed by atoms with E-state index in [1.54, 1.807) is 0 Å². The van der Waals surface area contributed by atoms with Gasteiger partial charge in [0, 0.05) is 18.7 Å². The van der Waals surface area contributed by atoms with Crippen molar-refractivity contribution in [1.82, 2.24) is 4.90 Å². The predicted molar refractivity (Wildman–Crippen MR) is 104 cm³/mol. The van der Waals surface area contributed by atoms with Gasteiger partial charge < -0.3 is 4.90 Å². The van der Waals surface area contributed by atoms with E-state index in [1.165, 1.54) is 23.5 Å². The van der Waals surface area contributed by atoms with Crippen molar-refractivity contribution < 1.29 is 4.79 Å². The number of thioether (sulfide) groups is 2. The summed E-state index contributed by atoms with van der Waals surface area (Å²) in [4.78, 5) is 14.8. The van der Waals surface area contributed by atoms with Gasteiger partial charge in [0.25, 0.3) is 5.91 Å². The topological polar surface area (TPSA) is 20.3 Å². The van der Waals surface area contributed by atoms with E-state index in [0.29, 0.717) is 16.4 Å². The second kappa shape index (κ2) is 9.03. The van der Waals surface area contributed by atoms with Crippen LogP contribution in [0.5, 0.6) is 0 Å². The van der Waals surface area contributed by atoms with E-state index < -0.39 is 0 Å². The van der Waals surface area contributed by atoms with Crippen LogP contribution in [0.1, 0.15) is 54.6 Å². The number of carbonyl (C=O) groups is 1. The van der Waals surface area contributed by atoms with Crippen LogP contribution in [0.15, 0.2) is 24.3 Å². The lowest BCUT2D eigenvalue weighted by Crippen LogP contribution is -2.37. The Kier molecular flexibility index (Phi) is 7.35. The zero-order valence-electron chi connectivity index (χ0n) is 14.7. The third-order valence-corrected chi connectivity index (χ3v) is 6.73. The number of hydrogen-bond acceptors (Lipinski definition) is 3. The summed E-state index contributed by atoms with van der Waals surface area (Å²) in [6.45, 7) is 10.3. The van der Waals surface area contributed by atoms with Crippen LogP contribution in [-0.4, -0.2) is 35.4 Å². The smallest absolute Gasteiger partial charge is 0.253 e. The lowest BCUT2D eigenvalue weighted by molar-refractivity contribution is 0.0715. The van der Waals surface area contributed by atoms with Gasteiger partial charge in [0.15, 0.2) is 0 Å². The van der Waals surface area contributed by atoms with Gasteiger partial charge in [-0.15, -0.1) is 23.5 Å². The second-order valence-electron chi connectivity index (χ2n) is 7.05. The van der Waals surface area contributed by atoms with Crippen molar-refractivity contribution in [3.05, 3.63) is 35.4 Å². The average Bonchev–Trinajstić information content (AvgIpc) is 2.54. The molecule has 0 aromatic heterocycles. The fraction of sp³-hybridized carbons (Fsp3) is 0.632. The molecule has 23 heavy (non-hydrogen) atoms. The third-order valence-electron chi connectivity index (χ3n) is 3.72. The van der Waals surface area contributed by atoms with Gasteiger partial charge in [-0.05, 0) is 47.5 Å². The minimum absolute atomic E-state index is 0.169. The molecule has 1 aromatic rings. The van der Waals surface area contributed by atoms with Gasteiger partial charge in [-0.25, -0.2) is 0 Å². The number of nitrogens with zero attached hydrogens (tertiary/aromatic N) is 1. The van der Waals surface area contributed by atoms with Crippen molar-refractivity contribution in [2.45, 2.75) is 38.7 Å². The Morgan fingerprint density at radius 1 is 1.04 bits per heavy atom. The first-order valence-corrected chi connectivity index (χ1v) is 10.7. The first kappa shape index (κ1) is 18.7. The highest BCUT2D eigenvalue weighted by molar-refractivity contribution is 8.16. The van der Waals surface area contributed by atoms with Gasteiger partial charge in [0.05, 0.1) is 4.58 Å². The second-order valence-corrected chi connectivity index (χ2v) is 9.77. The Hall–Kier alpha value is -0.610. The van der Waals surface area contributed by atoms with Crippen molar-refractivity contribution >= 4 is 29.4 Å². The van der Waals surface area contributed by atoms with Gasteiger partial charge in [-0.3, -0.25) is 4.79 Å². The minimum atomic E-state index is 0.169. The average molecular weight is 352 g/mol. The SMILES string of the molecule is CC(C)CN(CC(C)C)C(=O)c1ccc(C2SCCCS2)cc1. The van der Waals surface area contributed by atoms with Crippen molar-refractivity contribution in [1.29, 1.82) is 0 Å². The van der Waals surface area contributed by atoms with Crippen LogP contribution in [0, 0.1) is 11.8 Å². The zero-order chi connectivity index (χ0) is 16.8. The monoisotopic (exact) mass is 351 g/mol. The summed E-state index contributed by atoms with van der Waals surface area (Å²) in [6, 6.07) is 8.32. The Morgan fingerprint density at radius 2 is 1.57 bits per heavy atom. The molecule has 2 rings (SSSR count). The summed E-state index contributed by atoms with van der Waals surface area (Å²) in [7, 11) is 0. The molecule has 1 amide bonds. The maximum absolute atomic E-state index is 12.8. The number of benzene rings is 1. The van der Waals surface area contributed by atoms with E-state index in [1.807, 2.05) is 40.6 Å². The summed E-state index contributed by atoms with van der Waals surface area (Å²) < 4.78 is 0.537. The first-order valence-electron chi connectivity index (χ1n) is 8.59. The Labute approximate surface area is 149 Å². The largest absolute Gasteiger partial charge is 0.338 e. The normalized spacial score (nSPS) is 16.1. The molecule has 0 aliphatic carbocycles. The molecule has 0 bridgehead atoms. The molecule has 1 aromatic carbocycles. The van der Waals surface area contributed by atoms with E-state index in [9.17, 15) is 4.79 Å². The molecule has 1 aliphatic rings. The summed E-state index contributed by atoms with van der Waals surface area (Å²) in [5.41, 5.74) is 2.16. The molecule has 0 unspecified atom stereocenters. The van der Waals surface area contributed by atoms with Crippen LogP contribution in [0.2, 0.25) is 0 Å². The van der Waals surface area contributed by atoms with E-state index in [-0.39, 0.29) is 5.91 Å². The summed E-state index contributed by atoms with van der Waals surface area (Å²) in [5.74, 6) is 3.64. The Balaban J connectivity index is 2.07. The number of carbonyl (C=O) groups excluding carboxylic acids is 1. The molecule has 1 aliphatic heterocycles. The highest BCUT2D eigenvalue weighted by Crippen LogP contribution is 2.43. The number of rotatable bonds is 6. The van der Waals surface area contributed by atoms with E-state index in [0.717, 1.165) is 18.7 Å². The third kappa shape index (κ3) is 5.75. The molecule has 2 nitrogen and oxygen atoms in total. The highest BCUT2D eigenvalue weighted by atomic mass is 32.2. The van der Waals surface area contributed by atoms with Crippen LogP contribution in [-0.2, 0) is 0 Å². The molecule has 4 heteroatoms. The first-order chi connectivity index (χ1) is 11.0. The van der Waals surface area contributed by atoms with Crippen LogP contribution < -0.4 is 0 Å². The molecule has 1 fully saturated rings. The van der Waals surface area contributed by atoms with Gasteiger partial charge >= 0.3 is 0 Å². The zero-order valence-corrected chi connectivity index (χ0v) is 16.4. The maximum atomic E-state index is 12.8. The maximum Gasteiger partial charge on any atom is 0.253 e. The quantitative estimate of drug-likeness (QED) is 0.693. The molecule has 0 saturated carbocycles. The molecular formula is C19H29NOS2. The molecule has 1 heterocycles. The lowest BCUT2D eigenvalue weighted by Gasteiger charge is -2.27. The van der Waals surface area contributed by atoms with Crippen LogP contribution >= 0.6 is 23.5 Å². The molecule has 0 N–H and O–H groups in total. The van der Waals surface area contributed by atoms with Gasteiger partial charge in [0.1, 0.15) is 0 Å². The van der Waals surface area contributed by atoms with Crippen molar-refractivity contribution in [3.8, 4) is 0 Å². The minimum Gasteiger partial charge on any atom is -0.338 e. The Bertz CT molecular complexity index is 483. The van der Waals surface area contributed by atoms with Crippen LogP contribution in [0.25, 0.3) is 0 Å². The number of hydrogen-bond donors (Lipinski definition) is 0. The Morgan fingerprint density at radius 3 is 2.04 bits per heavy atom. The fourth-order valence-corrected chi connectivity index (χ4v) is 5.66. The van der Waals surface area contributed by atoms with Crippen molar-refractivity contribution in [3.63, 3.8) is 0 Å². The van der Waals surface area contributed by atoms with E-state index in [4.69, 9.17) is 0 Å². The molecular weight excluding hydrogens is 322 g/mol. The van der Waals surface area contributed by atoms with Gasteiger partial charge in [-0.2, -0.15) is 0 Å². The summed E-state index contributed by atoms with van der Waals surface area (Å²) >= 11 is 4.04. The van der Waals surface area contributed by atoms with E-state index >= 15 is 0 Å². The summed E-state index contributed by atoms with van der Waals surface area (Å²) in [5, 5.41) is 0. The fourth-order valence-electron chi connectivity index (χ4n) is 2.77. The van der Waals surface area contributed by atoms with Crippen molar-refractivity contribution in [2.75, 3.05) is 24.6 Å². The molecule has 0 radical (unpaired) electrons. The molecule has 1 saturated heterocycles. The molecule has 128 valence electrons.